The van der Waals surface area contributed by atoms with E-state index >= 15 is 0 Å². The first kappa shape index (κ1) is 15.0. The van der Waals surface area contributed by atoms with E-state index in [-0.39, 0.29) is 11.9 Å². The minimum atomic E-state index is -0.454. The summed E-state index contributed by atoms with van der Waals surface area (Å²) in [7, 11) is 0. The van der Waals surface area contributed by atoms with E-state index in [1.54, 1.807) is 0 Å². The first-order valence-electron chi connectivity index (χ1n) is 7.42. The van der Waals surface area contributed by atoms with Gasteiger partial charge in [0, 0.05) is 19.1 Å². The molecule has 0 aromatic heterocycles. The number of hydrogen-bond acceptors (Lipinski definition) is 3. The first-order chi connectivity index (χ1) is 9.58. The van der Waals surface area contributed by atoms with Crippen LogP contribution >= 0.6 is 0 Å². The van der Waals surface area contributed by atoms with Gasteiger partial charge in [-0.25, -0.2) is 0 Å². The molecule has 0 bridgehead atoms. The zero-order chi connectivity index (χ0) is 14.5. The molecule has 3 atom stereocenters. The molecular formula is C16H25N3O. The van der Waals surface area contributed by atoms with Gasteiger partial charge in [-0.1, -0.05) is 30.3 Å². The Balaban J connectivity index is 1.93. The van der Waals surface area contributed by atoms with E-state index in [9.17, 15) is 4.79 Å². The van der Waals surface area contributed by atoms with Crippen LogP contribution in [0.3, 0.4) is 0 Å². The molecule has 1 aromatic rings. The van der Waals surface area contributed by atoms with Gasteiger partial charge in [-0.2, -0.15) is 0 Å². The second-order valence-corrected chi connectivity index (χ2v) is 5.84. The normalized spacial score (nSPS) is 22.4. The van der Waals surface area contributed by atoms with Crippen molar-refractivity contribution in [2.75, 3.05) is 13.1 Å². The molecular weight excluding hydrogens is 250 g/mol. The second-order valence-electron chi connectivity index (χ2n) is 5.84. The van der Waals surface area contributed by atoms with Crippen molar-refractivity contribution in [3.63, 3.8) is 0 Å². The summed E-state index contributed by atoms with van der Waals surface area (Å²) in [6.07, 6.45) is 2.73. The minimum Gasteiger partial charge on any atom is -0.341 e. The Bertz CT molecular complexity index is 433. The molecule has 1 aromatic carbocycles. The van der Waals surface area contributed by atoms with Crippen molar-refractivity contribution < 1.29 is 4.79 Å². The lowest BCUT2D eigenvalue weighted by molar-refractivity contribution is -0.134. The third-order valence-corrected chi connectivity index (χ3v) is 4.13. The van der Waals surface area contributed by atoms with Gasteiger partial charge in [0.15, 0.2) is 0 Å². The van der Waals surface area contributed by atoms with Gasteiger partial charge in [0.2, 0.25) is 5.91 Å². The molecule has 1 heterocycles. The third-order valence-electron chi connectivity index (χ3n) is 4.13. The SMILES string of the molecule is C[C@@H](N)[C@H]1CCCN(C(=O)[C@@H](N)Cc2ccccc2)C1. The molecule has 4 N–H and O–H groups in total. The molecule has 0 unspecified atom stereocenters. The van der Waals surface area contributed by atoms with Crippen LogP contribution in [0.5, 0.6) is 0 Å². The van der Waals surface area contributed by atoms with Gasteiger partial charge >= 0.3 is 0 Å². The fourth-order valence-electron chi connectivity index (χ4n) is 2.83. The fraction of sp³-hybridized carbons (Fsp3) is 0.562. The summed E-state index contributed by atoms with van der Waals surface area (Å²) in [6.45, 7) is 3.58. The Morgan fingerprint density at radius 2 is 2.05 bits per heavy atom. The summed E-state index contributed by atoms with van der Waals surface area (Å²) in [6, 6.07) is 9.61. The van der Waals surface area contributed by atoms with Gasteiger partial charge in [-0.3, -0.25) is 4.79 Å². The molecule has 0 aliphatic carbocycles. The summed E-state index contributed by atoms with van der Waals surface area (Å²) >= 11 is 0. The fourth-order valence-corrected chi connectivity index (χ4v) is 2.83. The van der Waals surface area contributed by atoms with Crippen LogP contribution in [0.2, 0.25) is 0 Å². The van der Waals surface area contributed by atoms with E-state index in [0.29, 0.717) is 12.3 Å². The summed E-state index contributed by atoms with van der Waals surface area (Å²) in [5.41, 5.74) is 13.1. The topological polar surface area (TPSA) is 72.3 Å². The van der Waals surface area contributed by atoms with Gasteiger partial charge in [-0.05, 0) is 37.7 Å². The predicted octanol–water partition coefficient (Wildman–Crippen LogP) is 1.14. The van der Waals surface area contributed by atoms with Crippen molar-refractivity contribution in [3.05, 3.63) is 35.9 Å². The molecule has 110 valence electrons. The second kappa shape index (κ2) is 6.86. The molecule has 1 aliphatic rings. The van der Waals surface area contributed by atoms with E-state index in [0.717, 1.165) is 31.5 Å². The number of nitrogens with two attached hydrogens (primary N) is 2. The van der Waals surface area contributed by atoms with E-state index in [2.05, 4.69) is 0 Å². The maximum absolute atomic E-state index is 12.4. The molecule has 4 nitrogen and oxygen atoms in total. The van der Waals surface area contributed by atoms with Crippen LogP contribution in [0.4, 0.5) is 0 Å². The summed E-state index contributed by atoms with van der Waals surface area (Å²) in [5, 5.41) is 0. The van der Waals surface area contributed by atoms with E-state index in [1.165, 1.54) is 0 Å². The number of piperidine rings is 1. The lowest BCUT2D eigenvalue weighted by Crippen LogP contribution is -2.51. The molecule has 0 saturated carbocycles. The van der Waals surface area contributed by atoms with Crippen LogP contribution < -0.4 is 11.5 Å². The zero-order valence-corrected chi connectivity index (χ0v) is 12.2. The van der Waals surface area contributed by atoms with Crippen LogP contribution in [0.15, 0.2) is 30.3 Å². The first-order valence-corrected chi connectivity index (χ1v) is 7.42. The molecule has 4 heteroatoms. The number of nitrogens with zero attached hydrogens (tertiary/aromatic N) is 1. The highest BCUT2D eigenvalue weighted by atomic mass is 16.2. The number of rotatable bonds is 4. The summed E-state index contributed by atoms with van der Waals surface area (Å²) < 4.78 is 0. The molecule has 0 radical (unpaired) electrons. The summed E-state index contributed by atoms with van der Waals surface area (Å²) in [4.78, 5) is 14.3. The van der Waals surface area contributed by atoms with E-state index < -0.39 is 6.04 Å². The number of hydrogen-bond donors (Lipinski definition) is 2. The molecule has 1 fully saturated rings. The maximum atomic E-state index is 12.4. The molecule has 0 spiro atoms. The number of carbonyl (C=O) groups excluding carboxylic acids is 1. The van der Waals surface area contributed by atoms with Crippen molar-refractivity contribution >= 4 is 5.91 Å². The molecule has 1 saturated heterocycles. The van der Waals surface area contributed by atoms with Gasteiger partial charge < -0.3 is 16.4 Å². The minimum absolute atomic E-state index is 0.0548. The molecule has 1 aliphatic heterocycles. The van der Waals surface area contributed by atoms with Gasteiger partial charge in [0.05, 0.1) is 6.04 Å². The maximum Gasteiger partial charge on any atom is 0.239 e. The van der Waals surface area contributed by atoms with Crippen molar-refractivity contribution in [3.8, 4) is 0 Å². The highest BCUT2D eigenvalue weighted by Gasteiger charge is 2.28. The largest absolute Gasteiger partial charge is 0.341 e. The Hall–Kier alpha value is -1.39. The Kier molecular flexibility index (Phi) is 5.15. The Morgan fingerprint density at radius 1 is 1.35 bits per heavy atom. The van der Waals surface area contributed by atoms with Crippen LogP contribution in [0, 0.1) is 5.92 Å². The number of benzene rings is 1. The predicted molar refractivity (Wildman–Crippen MR) is 81.1 cm³/mol. The summed E-state index contributed by atoms with van der Waals surface area (Å²) in [5.74, 6) is 0.454. The lowest BCUT2D eigenvalue weighted by Gasteiger charge is -2.36. The molecule has 2 rings (SSSR count). The van der Waals surface area contributed by atoms with E-state index in [1.807, 2.05) is 42.2 Å². The van der Waals surface area contributed by atoms with E-state index in [4.69, 9.17) is 11.5 Å². The number of amides is 1. The Morgan fingerprint density at radius 3 is 2.70 bits per heavy atom. The monoisotopic (exact) mass is 275 g/mol. The van der Waals surface area contributed by atoms with Crippen molar-refractivity contribution in [2.45, 2.75) is 38.3 Å². The van der Waals surface area contributed by atoms with Gasteiger partial charge in [0.25, 0.3) is 0 Å². The van der Waals surface area contributed by atoms with Gasteiger partial charge in [-0.15, -0.1) is 0 Å². The average molecular weight is 275 g/mol. The van der Waals surface area contributed by atoms with Crippen LogP contribution in [-0.4, -0.2) is 36.0 Å². The van der Waals surface area contributed by atoms with Crippen molar-refractivity contribution in [1.29, 1.82) is 0 Å². The quantitative estimate of drug-likeness (QED) is 0.865. The highest BCUT2D eigenvalue weighted by molar-refractivity contribution is 5.82. The highest BCUT2D eigenvalue weighted by Crippen LogP contribution is 2.19. The van der Waals surface area contributed by atoms with Gasteiger partial charge in [0.1, 0.15) is 0 Å². The standard InChI is InChI=1S/C16H25N3O/c1-12(17)14-8-5-9-19(11-14)16(20)15(18)10-13-6-3-2-4-7-13/h2-4,6-7,12,14-15H,5,8-11,17-18H2,1H3/t12-,14+,15+/m1/s1. The van der Waals surface area contributed by atoms with Crippen LogP contribution in [0.25, 0.3) is 0 Å². The molecule has 20 heavy (non-hydrogen) atoms. The van der Waals surface area contributed by atoms with Crippen LogP contribution in [-0.2, 0) is 11.2 Å². The molecule has 1 amide bonds. The number of carbonyl (C=O) groups is 1. The third kappa shape index (κ3) is 3.81. The smallest absolute Gasteiger partial charge is 0.239 e. The van der Waals surface area contributed by atoms with Crippen molar-refractivity contribution in [2.24, 2.45) is 17.4 Å². The Labute approximate surface area is 121 Å². The van der Waals surface area contributed by atoms with Crippen LogP contribution in [0.1, 0.15) is 25.3 Å². The number of likely N-dealkylation sites (tertiary alicyclic amines) is 1. The lowest BCUT2D eigenvalue weighted by atomic mass is 9.91. The van der Waals surface area contributed by atoms with Crippen molar-refractivity contribution in [1.82, 2.24) is 4.90 Å². The zero-order valence-electron chi connectivity index (χ0n) is 12.2. The average Bonchev–Trinajstić information content (AvgIpc) is 2.47.